The second-order valence-electron chi connectivity index (χ2n) is 4.94. The summed E-state index contributed by atoms with van der Waals surface area (Å²) in [6.45, 7) is 3.36. The second kappa shape index (κ2) is 6.99. The fourth-order valence-corrected chi connectivity index (χ4v) is 2.29. The number of benzene rings is 2. The van der Waals surface area contributed by atoms with Crippen molar-refractivity contribution in [3.05, 3.63) is 57.8 Å². The van der Waals surface area contributed by atoms with Crippen molar-refractivity contribution in [2.75, 3.05) is 10.6 Å². The van der Waals surface area contributed by atoms with Crippen LogP contribution in [0.15, 0.2) is 36.4 Å². The van der Waals surface area contributed by atoms with E-state index in [-0.39, 0.29) is 11.7 Å². The molecule has 0 heterocycles. The first-order valence-corrected chi connectivity index (χ1v) is 7.41. The molecule has 0 aliphatic rings. The van der Waals surface area contributed by atoms with E-state index < -0.39 is 6.04 Å². The average molecular weight is 341 g/mol. The van der Waals surface area contributed by atoms with Crippen LogP contribution in [0, 0.1) is 12.7 Å². The number of aryl methyl sites for hydroxylation is 1. The molecule has 1 amide bonds. The van der Waals surface area contributed by atoms with E-state index in [0.717, 1.165) is 0 Å². The van der Waals surface area contributed by atoms with E-state index in [0.29, 0.717) is 27.0 Å². The van der Waals surface area contributed by atoms with Crippen LogP contribution < -0.4 is 10.6 Å². The third-order valence-corrected chi connectivity index (χ3v) is 3.69. The van der Waals surface area contributed by atoms with Gasteiger partial charge in [0, 0.05) is 10.7 Å². The number of nitrogens with one attached hydrogen (secondary N) is 2. The second-order valence-corrected chi connectivity index (χ2v) is 5.79. The Kier molecular flexibility index (Phi) is 5.27. The molecule has 0 bridgehead atoms. The van der Waals surface area contributed by atoms with Gasteiger partial charge in [-0.15, -0.1) is 0 Å². The lowest BCUT2D eigenvalue weighted by atomic mass is 10.2. The standard InChI is InChI=1S/C16H15Cl2FN2O/c1-9-3-5-12(8-14(9)19)20-10(2)16(22)21-15-6-4-11(17)7-13(15)18/h3-8,10,20H,1-2H3,(H,21,22)/t10-/m0/s1. The Bertz CT molecular complexity index is 707. The molecule has 22 heavy (non-hydrogen) atoms. The Balaban J connectivity index is 2.04. The highest BCUT2D eigenvalue weighted by atomic mass is 35.5. The lowest BCUT2D eigenvalue weighted by molar-refractivity contribution is -0.116. The van der Waals surface area contributed by atoms with Gasteiger partial charge in [-0.3, -0.25) is 4.79 Å². The number of hydrogen-bond acceptors (Lipinski definition) is 2. The van der Waals surface area contributed by atoms with E-state index in [1.54, 1.807) is 44.2 Å². The van der Waals surface area contributed by atoms with E-state index in [1.807, 2.05) is 0 Å². The van der Waals surface area contributed by atoms with Crippen LogP contribution in [0.2, 0.25) is 10.0 Å². The van der Waals surface area contributed by atoms with Gasteiger partial charge in [0.05, 0.1) is 10.7 Å². The van der Waals surface area contributed by atoms with Crippen LogP contribution in [0.4, 0.5) is 15.8 Å². The molecule has 3 nitrogen and oxygen atoms in total. The molecule has 0 fully saturated rings. The van der Waals surface area contributed by atoms with Gasteiger partial charge >= 0.3 is 0 Å². The van der Waals surface area contributed by atoms with Gasteiger partial charge in [0.15, 0.2) is 0 Å². The Labute approximate surface area is 138 Å². The molecule has 0 aromatic heterocycles. The summed E-state index contributed by atoms with van der Waals surface area (Å²) in [5.74, 6) is -0.608. The summed E-state index contributed by atoms with van der Waals surface area (Å²) in [7, 11) is 0. The summed E-state index contributed by atoms with van der Waals surface area (Å²) < 4.78 is 13.5. The van der Waals surface area contributed by atoms with E-state index in [4.69, 9.17) is 23.2 Å². The number of halogens is 3. The van der Waals surface area contributed by atoms with E-state index >= 15 is 0 Å². The van der Waals surface area contributed by atoms with Gasteiger partial charge in [-0.25, -0.2) is 4.39 Å². The summed E-state index contributed by atoms with van der Waals surface area (Å²) in [5.41, 5.74) is 1.56. The smallest absolute Gasteiger partial charge is 0.246 e. The zero-order chi connectivity index (χ0) is 16.3. The van der Waals surface area contributed by atoms with E-state index in [2.05, 4.69) is 10.6 Å². The third-order valence-electron chi connectivity index (χ3n) is 3.14. The van der Waals surface area contributed by atoms with Crippen molar-refractivity contribution in [1.29, 1.82) is 0 Å². The van der Waals surface area contributed by atoms with Gasteiger partial charge in [-0.1, -0.05) is 29.3 Å². The van der Waals surface area contributed by atoms with Crippen molar-refractivity contribution < 1.29 is 9.18 Å². The number of hydrogen-bond donors (Lipinski definition) is 2. The summed E-state index contributed by atoms with van der Waals surface area (Å²) in [6.07, 6.45) is 0. The molecular weight excluding hydrogens is 326 g/mol. The van der Waals surface area contributed by atoms with Crippen molar-refractivity contribution >= 4 is 40.5 Å². The molecule has 0 aliphatic heterocycles. The maximum absolute atomic E-state index is 13.5. The summed E-state index contributed by atoms with van der Waals surface area (Å²) in [6, 6.07) is 8.97. The van der Waals surface area contributed by atoms with Crippen molar-refractivity contribution in [2.45, 2.75) is 19.9 Å². The van der Waals surface area contributed by atoms with Gasteiger partial charge in [0.2, 0.25) is 5.91 Å². The molecule has 2 rings (SSSR count). The number of carbonyl (C=O) groups is 1. The minimum atomic E-state index is -0.561. The molecule has 0 saturated heterocycles. The first kappa shape index (κ1) is 16.6. The summed E-state index contributed by atoms with van der Waals surface area (Å²) >= 11 is 11.8. The maximum atomic E-state index is 13.5. The predicted molar refractivity (Wildman–Crippen MR) is 89.3 cm³/mol. The predicted octanol–water partition coefficient (Wildman–Crippen LogP) is 4.88. The van der Waals surface area contributed by atoms with Crippen LogP contribution in [-0.2, 0) is 4.79 Å². The van der Waals surface area contributed by atoms with Crippen molar-refractivity contribution in [3.63, 3.8) is 0 Å². The normalized spacial score (nSPS) is 11.9. The quantitative estimate of drug-likeness (QED) is 0.832. The molecule has 2 aromatic carbocycles. The fraction of sp³-hybridized carbons (Fsp3) is 0.188. The van der Waals surface area contributed by atoms with Crippen molar-refractivity contribution in [1.82, 2.24) is 0 Å². The topological polar surface area (TPSA) is 41.1 Å². The van der Waals surface area contributed by atoms with E-state index in [9.17, 15) is 9.18 Å². The fourth-order valence-electron chi connectivity index (χ4n) is 1.83. The molecule has 116 valence electrons. The molecule has 0 aliphatic carbocycles. The van der Waals surface area contributed by atoms with Crippen LogP contribution in [0.1, 0.15) is 12.5 Å². The minimum absolute atomic E-state index is 0.287. The third kappa shape index (κ3) is 4.12. The van der Waals surface area contributed by atoms with Crippen LogP contribution in [0.5, 0.6) is 0 Å². The first-order valence-electron chi connectivity index (χ1n) is 6.65. The summed E-state index contributed by atoms with van der Waals surface area (Å²) in [5, 5.41) is 6.48. The highest BCUT2D eigenvalue weighted by Crippen LogP contribution is 2.25. The Morgan fingerprint density at radius 2 is 1.91 bits per heavy atom. The van der Waals surface area contributed by atoms with Gasteiger partial charge in [0.1, 0.15) is 11.9 Å². The maximum Gasteiger partial charge on any atom is 0.246 e. The zero-order valence-corrected chi connectivity index (χ0v) is 13.6. The molecular formula is C16H15Cl2FN2O. The lowest BCUT2D eigenvalue weighted by Gasteiger charge is -2.16. The van der Waals surface area contributed by atoms with Gasteiger partial charge in [-0.05, 0) is 49.7 Å². The molecule has 1 atom stereocenters. The van der Waals surface area contributed by atoms with Crippen LogP contribution in [0.25, 0.3) is 0 Å². The van der Waals surface area contributed by atoms with Crippen LogP contribution in [0.3, 0.4) is 0 Å². The Hall–Kier alpha value is -1.78. The van der Waals surface area contributed by atoms with Crippen molar-refractivity contribution in [2.24, 2.45) is 0 Å². The van der Waals surface area contributed by atoms with Gasteiger partial charge in [-0.2, -0.15) is 0 Å². The Morgan fingerprint density at radius 3 is 2.55 bits per heavy atom. The molecule has 0 saturated carbocycles. The molecule has 2 N–H and O–H groups in total. The summed E-state index contributed by atoms with van der Waals surface area (Å²) in [4.78, 5) is 12.1. The molecule has 2 aromatic rings. The van der Waals surface area contributed by atoms with Gasteiger partial charge < -0.3 is 10.6 Å². The SMILES string of the molecule is Cc1ccc(N[C@@H](C)C(=O)Nc2ccc(Cl)cc2Cl)cc1F. The lowest BCUT2D eigenvalue weighted by Crippen LogP contribution is -2.32. The number of amides is 1. The highest BCUT2D eigenvalue weighted by molar-refractivity contribution is 6.36. The average Bonchev–Trinajstić information content (AvgIpc) is 2.45. The Morgan fingerprint density at radius 1 is 1.18 bits per heavy atom. The van der Waals surface area contributed by atoms with Crippen LogP contribution >= 0.6 is 23.2 Å². The molecule has 0 spiro atoms. The number of rotatable bonds is 4. The molecule has 6 heteroatoms. The largest absolute Gasteiger partial charge is 0.374 e. The van der Waals surface area contributed by atoms with Crippen LogP contribution in [-0.4, -0.2) is 11.9 Å². The van der Waals surface area contributed by atoms with Gasteiger partial charge in [0.25, 0.3) is 0 Å². The number of carbonyl (C=O) groups excluding carboxylic acids is 1. The zero-order valence-electron chi connectivity index (χ0n) is 12.1. The number of anilines is 2. The monoisotopic (exact) mass is 340 g/mol. The van der Waals surface area contributed by atoms with E-state index in [1.165, 1.54) is 6.07 Å². The minimum Gasteiger partial charge on any atom is -0.374 e. The highest BCUT2D eigenvalue weighted by Gasteiger charge is 2.14. The molecule has 0 radical (unpaired) electrons. The van der Waals surface area contributed by atoms with Crippen molar-refractivity contribution in [3.8, 4) is 0 Å². The first-order chi connectivity index (χ1) is 10.4. The molecule has 0 unspecified atom stereocenters.